The average molecular weight is 325 g/mol. The monoisotopic (exact) mass is 325 g/mol. The first kappa shape index (κ1) is 16.0. The molecule has 124 valence electrons. The molecule has 1 aromatic carbocycles. The van der Waals surface area contributed by atoms with Crippen LogP contribution in [0.25, 0.3) is 0 Å². The van der Waals surface area contributed by atoms with E-state index in [9.17, 15) is 9.59 Å². The standard InChI is InChI=1S/C18H19N3O3/c1-24-16-9-10-19-12-14(16)18(23)21-11-5-8-15(21)17(22)20-13-6-3-2-4-7-13/h2-4,6-7,9-10,12,15H,5,8,11H2,1H3,(H,20,22)/t15-/m1/s1. The van der Waals surface area contributed by atoms with Crippen molar-refractivity contribution in [2.45, 2.75) is 18.9 Å². The first-order valence-corrected chi connectivity index (χ1v) is 7.85. The highest BCUT2D eigenvalue weighted by atomic mass is 16.5. The lowest BCUT2D eigenvalue weighted by Crippen LogP contribution is -2.43. The van der Waals surface area contributed by atoms with Gasteiger partial charge in [0.25, 0.3) is 5.91 Å². The van der Waals surface area contributed by atoms with Crippen LogP contribution in [0.5, 0.6) is 5.75 Å². The van der Waals surface area contributed by atoms with E-state index in [4.69, 9.17) is 4.74 Å². The number of hydrogen-bond acceptors (Lipinski definition) is 4. The van der Waals surface area contributed by atoms with Gasteiger partial charge in [0.1, 0.15) is 11.8 Å². The third-order valence-corrected chi connectivity index (χ3v) is 4.09. The van der Waals surface area contributed by atoms with Gasteiger partial charge in [-0.25, -0.2) is 0 Å². The van der Waals surface area contributed by atoms with E-state index in [1.807, 2.05) is 30.3 Å². The first-order valence-electron chi connectivity index (χ1n) is 7.85. The van der Waals surface area contributed by atoms with Crippen LogP contribution >= 0.6 is 0 Å². The molecule has 1 aliphatic rings. The molecule has 0 saturated carbocycles. The second-order valence-corrected chi connectivity index (χ2v) is 5.59. The summed E-state index contributed by atoms with van der Waals surface area (Å²) in [6.07, 6.45) is 4.49. The topological polar surface area (TPSA) is 71.5 Å². The molecule has 2 aromatic rings. The molecule has 1 saturated heterocycles. The summed E-state index contributed by atoms with van der Waals surface area (Å²) in [5.74, 6) is 0.0599. The van der Waals surface area contributed by atoms with Gasteiger partial charge in [0.05, 0.1) is 12.7 Å². The van der Waals surface area contributed by atoms with Crippen molar-refractivity contribution in [3.63, 3.8) is 0 Å². The molecule has 6 heteroatoms. The van der Waals surface area contributed by atoms with Crippen molar-refractivity contribution in [1.82, 2.24) is 9.88 Å². The Labute approximate surface area is 140 Å². The summed E-state index contributed by atoms with van der Waals surface area (Å²) in [5.41, 5.74) is 1.10. The van der Waals surface area contributed by atoms with E-state index in [1.54, 1.807) is 17.2 Å². The van der Waals surface area contributed by atoms with E-state index in [0.717, 1.165) is 12.1 Å². The van der Waals surface area contributed by atoms with Crippen molar-refractivity contribution in [2.75, 3.05) is 19.0 Å². The Bertz CT molecular complexity index is 733. The molecule has 0 spiro atoms. The molecule has 0 aliphatic carbocycles. The summed E-state index contributed by atoms with van der Waals surface area (Å²) in [6, 6.07) is 10.4. The minimum atomic E-state index is -0.484. The van der Waals surface area contributed by atoms with Crippen LogP contribution in [0.3, 0.4) is 0 Å². The van der Waals surface area contributed by atoms with E-state index in [1.165, 1.54) is 13.3 Å². The number of carbonyl (C=O) groups is 2. The molecule has 1 fully saturated rings. The molecular weight excluding hydrogens is 306 g/mol. The van der Waals surface area contributed by atoms with Gasteiger partial charge < -0.3 is 15.0 Å². The Balaban J connectivity index is 1.77. The lowest BCUT2D eigenvalue weighted by molar-refractivity contribution is -0.119. The third kappa shape index (κ3) is 3.22. The number of para-hydroxylation sites is 1. The van der Waals surface area contributed by atoms with Gasteiger partial charge in [0.2, 0.25) is 5.91 Å². The molecular formula is C18H19N3O3. The zero-order valence-corrected chi connectivity index (χ0v) is 13.4. The van der Waals surface area contributed by atoms with Gasteiger partial charge in [-0.2, -0.15) is 0 Å². The second kappa shape index (κ2) is 7.12. The molecule has 3 rings (SSSR count). The maximum absolute atomic E-state index is 12.8. The van der Waals surface area contributed by atoms with Crippen LogP contribution in [0, 0.1) is 0 Å². The smallest absolute Gasteiger partial charge is 0.259 e. The van der Waals surface area contributed by atoms with Crippen molar-refractivity contribution in [3.05, 3.63) is 54.4 Å². The van der Waals surface area contributed by atoms with E-state index in [0.29, 0.717) is 24.3 Å². The fourth-order valence-electron chi connectivity index (χ4n) is 2.90. The lowest BCUT2D eigenvalue weighted by Gasteiger charge is -2.24. The van der Waals surface area contributed by atoms with Crippen LogP contribution in [0.1, 0.15) is 23.2 Å². The number of anilines is 1. The van der Waals surface area contributed by atoms with Gasteiger partial charge in [-0.1, -0.05) is 18.2 Å². The van der Waals surface area contributed by atoms with Gasteiger partial charge >= 0.3 is 0 Å². The number of amides is 2. The Kier molecular flexibility index (Phi) is 4.74. The van der Waals surface area contributed by atoms with Gasteiger partial charge in [0.15, 0.2) is 0 Å². The predicted molar refractivity (Wildman–Crippen MR) is 89.9 cm³/mol. The van der Waals surface area contributed by atoms with Gasteiger partial charge in [-0.3, -0.25) is 14.6 Å². The number of aromatic nitrogens is 1. The lowest BCUT2D eigenvalue weighted by atomic mass is 10.1. The Morgan fingerprint density at radius 2 is 2.04 bits per heavy atom. The Morgan fingerprint density at radius 1 is 1.25 bits per heavy atom. The SMILES string of the molecule is COc1ccncc1C(=O)N1CCC[C@@H]1C(=O)Nc1ccccc1. The van der Waals surface area contributed by atoms with Crippen LogP contribution in [0.2, 0.25) is 0 Å². The largest absolute Gasteiger partial charge is 0.496 e. The third-order valence-electron chi connectivity index (χ3n) is 4.09. The number of pyridine rings is 1. The molecule has 2 amide bonds. The number of likely N-dealkylation sites (tertiary alicyclic amines) is 1. The maximum Gasteiger partial charge on any atom is 0.259 e. The van der Waals surface area contributed by atoms with E-state index >= 15 is 0 Å². The average Bonchev–Trinajstić information content (AvgIpc) is 3.12. The minimum absolute atomic E-state index is 0.171. The number of methoxy groups -OCH3 is 1. The number of hydrogen-bond donors (Lipinski definition) is 1. The van der Waals surface area contributed by atoms with Crippen molar-refractivity contribution in [1.29, 1.82) is 0 Å². The van der Waals surface area contributed by atoms with Crippen LogP contribution in [-0.2, 0) is 4.79 Å². The van der Waals surface area contributed by atoms with Crippen molar-refractivity contribution in [3.8, 4) is 5.75 Å². The van der Waals surface area contributed by atoms with E-state index in [-0.39, 0.29) is 11.8 Å². The van der Waals surface area contributed by atoms with Crippen LogP contribution in [0.15, 0.2) is 48.8 Å². The molecule has 1 aliphatic heterocycles. The quantitative estimate of drug-likeness (QED) is 0.936. The van der Waals surface area contributed by atoms with Crippen LogP contribution in [0.4, 0.5) is 5.69 Å². The minimum Gasteiger partial charge on any atom is -0.496 e. The highest BCUT2D eigenvalue weighted by Gasteiger charge is 2.35. The van der Waals surface area contributed by atoms with Gasteiger partial charge in [0, 0.05) is 24.6 Å². The number of nitrogens with zero attached hydrogens (tertiary/aromatic N) is 2. The van der Waals surface area contributed by atoms with Crippen LogP contribution in [-0.4, -0.2) is 41.4 Å². The fraction of sp³-hybridized carbons (Fsp3) is 0.278. The summed E-state index contributed by atoms with van der Waals surface area (Å²) in [7, 11) is 1.51. The summed E-state index contributed by atoms with van der Waals surface area (Å²) < 4.78 is 5.23. The molecule has 1 N–H and O–H groups in total. The summed E-state index contributed by atoms with van der Waals surface area (Å²) in [6.45, 7) is 0.545. The number of ether oxygens (including phenoxy) is 1. The number of rotatable bonds is 4. The molecule has 0 bridgehead atoms. The molecule has 1 atom stereocenters. The molecule has 0 radical (unpaired) electrons. The van der Waals surface area contributed by atoms with E-state index < -0.39 is 6.04 Å². The summed E-state index contributed by atoms with van der Waals surface area (Å²) in [4.78, 5) is 31.0. The number of benzene rings is 1. The van der Waals surface area contributed by atoms with Crippen molar-refractivity contribution < 1.29 is 14.3 Å². The number of nitrogens with one attached hydrogen (secondary N) is 1. The first-order chi connectivity index (χ1) is 11.7. The predicted octanol–water partition coefficient (Wildman–Crippen LogP) is 2.33. The summed E-state index contributed by atoms with van der Waals surface area (Å²) >= 11 is 0. The highest BCUT2D eigenvalue weighted by molar-refractivity contribution is 6.02. The molecule has 24 heavy (non-hydrogen) atoms. The molecule has 2 heterocycles. The molecule has 6 nitrogen and oxygen atoms in total. The van der Waals surface area contributed by atoms with Crippen molar-refractivity contribution in [2.24, 2.45) is 0 Å². The molecule has 0 unspecified atom stereocenters. The molecule has 1 aromatic heterocycles. The van der Waals surface area contributed by atoms with Gasteiger partial charge in [-0.15, -0.1) is 0 Å². The van der Waals surface area contributed by atoms with Crippen LogP contribution < -0.4 is 10.1 Å². The maximum atomic E-state index is 12.8. The van der Waals surface area contributed by atoms with Gasteiger partial charge in [-0.05, 0) is 31.0 Å². The zero-order chi connectivity index (χ0) is 16.9. The highest BCUT2D eigenvalue weighted by Crippen LogP contribution is 2.25. The van der Waals surface area contributed by atoms with E-state index in [2.05, 4.69) is 10.3 Å². The number of carbonyl (C=O) groups excluding carboxylic acids is 2. The second-order valence-electron chi connectivity index (χ2n) is 5.59. The summed E-state index contributed by atoms with van der Waals surface area (Å²) in [5, 5.41) is 2.87. The Morgan fingerprint density at radius 3 is 2.79 bits per heavy atom. The normalized spacial score (nSPS) is 16.7. The van der Waals surface area contributed by atoms with Crippen molar-refractivity contribution >= 4 is 17.5 Å². The zero-order valence-electron chi connectivity index (χ0n) is 13.4. The Hall–Kier alpha value is -2.89. The fourth-order valence-corrected chi connectivity index (χ4v) is 2.90.